The van der Waals surface area contributed by atoms with Gasteiger partial charge in [0.1, 0.15) is 5.82 Å². The van der Waals surface area contributed by atoms with Gasteiger partial charge >= 0.3 is 6.03 Å². The summed E-state index contributed by atoms with van der Waals surface area (Å²) in [5.41, 5.74) is 5.96. The number of benzene rings is 2. The third-order valence-corrected chi connectivity index (χ3v) is 7.35. The number of para-hydroxylation sites is 1. The Labute approximate surface area is 244 Å². The number of nitrogens with zero attached hydrogens (tertiary/aromatic N) is 5. The van der Waals surface area contributed by atoms with Crippen molar-refractivity contribution in [1.82, 2.24) is 20.3 Å². The fourth-order valence-electron chi connectivity index (χ4n) is 5.10. The van der Waals surface area contributed by atoms with E-state index in [1.807, 2.05) is 55.5 Å². The van der Waals surface area contributed by atoms with Crippen LogP contribution in [0, 0.1) is 12.3 Å². The number of anilines is 5. The number of carbonyl (C=O) groups excluding carboxylic acids is 2. The molecular formula is C32H32N8O2. The number of nitrogens with one attached hydrogen (secondary N) is 3. The molecule has 42 heavy (non-hydrogen) atoms. The van der Waals surface area contributed by atoms with Gasteiger partial charge in [0.25, 0.3) is 5.91 Å². The van der Waals surface area contributed by atoms with E-state index in [1.54, 1.807) is 36.5 Å². The van der Waals surface area contributed by atoms with Crippen LogP contribution in [-0.2, 0) is 6.54 Å². The average Bonchev–Trinajstić information content (AvgIpc) is 3.36. The van der Waals surface area contributed by atoms with Gasteiger partial charge in [0.15, 0.2) is 0 Å². The lowest BCUT2D eigenvalue weighted by Crippen LogP contribution is -2.46. The summed E-state index contributed by atoms with van der Waals surface area (Å²) in [6.07, 6.45) is 5.51. The molecule has 6 rings (SSSR count). The van der Waals surface area contributed by atoms with E-state index in [1.165, 1.54) is 4.90 Å². The van der Waals surface area contributed by atoms with Crippen LogP contribution in [0.5, 0.6) is 0 Å². The molecule has 0 fully saturated rings. The van der Waals surface area contributed by atoms with Crippen LogP contribution in [0.2, 0.25) is 0 Å². The van der Waals surface area contributed by atoms with E-state index in [0.29, 0.717) is 34.4 Å². The lowest BCUT2D eigenvalue weighted by atomic mass is 9.95. The molecule has 0 radical (unpaired) electrons. The van der Waals surface area contributed by atoms with Gasteiger partial charge in [0.2, 0.25) is 5.95 Å². The van der Waals surface area contributed by atoms with Gasteiger partial charge in [-0.05, 0) is 42.8 Å². The van der Waals surface area contributed by atoms with Gasteiger partial charge in [-0.2, -0.15) is 4.98 Å². The average molecular weight is 561 g/mol. The third kappa shape index (κ3) is 5.38. The van der Waals surface area contributed by atoms with Crippen molar-refractivity contribution < 1.29 is 9.59 Å². The van der Waals surface area contributed by atoms with E-state index < -0.39 is 0 Å². The number of amides is 3. The smallest absolute Gasteiger partial charge is 0.330 e. The van der Waals surface area contributed by atoms with Crippen LogP contribution in [0.3, 0.4) is 0 Å². The predicted octanol–water partition coefficient (Wildman–Crippen LogP) is 5.72. The van der Waals surface area contributed by atoms with Crippen molar-refractivity contribution in [2.75, 3.05) is 34.0 Å². The zero-order valence-corrected chi connectivity index (χ0v) is 24.0. The molecule has 2 aromatic heterocycles. The first kappa shape index (κ1) is 26.9. The number of hydrogen-bond donors (Lipinski definition) is 3. The Balaban J connectivity index is 1.22. The van der Waals surface area contributed by atoms with Crippen LogP contribution in [0.4, 0.5) is 33.6 Å². The Morgan fingerprint density at radius 1 is 1.00 bits per heavy atom. The number of hydrogen-bond acceptors (Lipinski definition) is 7. The van der Waals surface area contributed by atoms with E-state index in [0.717, 1.165) is 29.1 Å². The number of urea groups is 1. The molecule has 10 heteroatoms. The minimum Gasteiger partial charge on any atom is -0.384 e. The van der Waals surface area contributed by atoms with E-state index in [2.05, 4.69) is 50.8 Å². The molecule has 0 bridgehead atoms. The summed E-state index contributed by atoms with van der Waals surface area (Å²) in [6, 6.07) is 18.7. The lowest BCUT2D eigenvalue weighted by Gasteiger charge is -2.34. The molecule has 4 aromatic rings. The van der Waals surface area contributed by atoms with Gasteiger partial charge in [-0.1, -0.05) is 50.3 Å². The van der Waals surface area contributed by atoms with E-state index >= 15 is 0 Å². The Morgan fingerprint density at radius 2 is 1.81 bits per heavy atom. The SMILES string of the molecule is Cc1ncc(NC(=O)c2cccc(C3=CC(C)(C)CN3)c2)cc1N1Cc2cnc(Nc3ccccc3)nc2N(C)C1=O. The number of fused-ring (bicyclic) bond motifs is 1. The molecule has 0 saturated heterocycles. The van der Waals surface area contributed by atoms with Crippen LogP contribution < -0.4 is 25.8 Å². The third-order valence-electron chi connectivity index (χ3n) is 7.35. The fourth-order valence-corrected chi connectivity index (χ4v) is 5.10. The largest absolute Gasteiger partial charge is 0.384 e. The Bertz CT molecular complexity index is 1720. The van der Waals surface area contributed by atoms with Crippen LogP contribution in [0.25, 0.3) is 5.70 Å². The summed E-state index contributed by atoms with van der Waals surface area (Å²) in [7, 11) is 1.68. The van der Waals surface area contributed by atoms with Crippen LogP contribution in [-0.4, -0.2) is 40.5 Å². The normalized spacial score (nSPS) is 15.5. The van der Waals surface area contributed by atoms with Crippen molar-refractivity contribution in [2.24, 2.45) is 5.41 Å². The van der Waals surface area contributed by atoms with Crippen molar-refractivity contribution >= 4 is 46.5 Å². The number of pyridine rings is 1. The summed E-state index contributed by atoms with van der Waals surface area (Å²) in [5, 5.41) is 9.54. The molecule has 0 aliphatic carbocycles. The molecule has 212 valence electrons. The van der Waals surface area contributed by atoms with Gasteiger partial charge in [-0.3, -0.25) is 19.6 Å². The quantitative estimate of drug-likeness (QED) is 0.276. The van der Waals surface area contributed by atoms with E-state index in [4.69, 9.17) is 0 Å². The second-order valence-corrected chi connectivity index (χ2v) is 11.2. The van der Waals surface area contributed by atoms with Gasteiger partial charge < -0.3 is 16.0 Å². The minimum atomic E-state index is -0.259. The Hall–Kier alpha value is -5.25. The number of carbonyl (C=O) groups is 2. The molecule has 2 aliphatic rings. The summed E-state index contributed by atoms with van der Waals surface area (Å²) < 4.78 is 0. The Morgan fingerprint density at radius 3 is 2.57 bits per heavy atom. The molecule has 2 aliphatic heterocycles. The molecular weight excluding hydrogens is 528 g/mol. The van der Waals surface area contributed by atoms with Crippen molar-refractivity contribution in [2.45, 2.75) is 27.3 Å². The maximum atomic E-state index is 13.5. The minimum absolute atomic E-state index is 0.0610. The fraction of sp³-hybridized carbons (Fsp3) is 0.219. The second-order valence-electron chi connectivity index (χ2n) is 11.2. The maximum absolute atomic E-state index is 13.5. The molecule has 0 spiro atoms. The highest BCUT2D eigenvalue weighted by atomic mass is 16.2. The summed E-state index contributed by atoms with van der Waals surface area (Å²) in [4.78, 5) is 43.4. The zero-order valence-electron chi connectivity index (χ0n) is 24.0. The highest BCUT2D eigenvalue weighted by Crippen LogP contribution is 2.33. The molecule has 0 saturated carbocycles. The highest BCUT2D eigenvalue weighted by molar-refractivity contribution is 6.07. The van der Waals surface area contributed by atoms with Crippen molar-refractivity contribution in [3.8, 4) is 0 Å². The summed E-state index contributed by atoms with van der Waals surface area (Å²) in [6.45, 7) is 7.29. The first-order chi connectivity index (χ1) is 20.2. The first-order valence-corrected chi connectivity index (χ1v) is 13.8. The lowest BCUT2D eigenvalue weighted by molar-refractivity contribution is 0.102. The van der Waals surface area contributed by atoms with Gasteiger partial charge in [-0.15, -0.1) is 0 Å². The van der Waals surface area contributed by atoms with Crippen molar-refractivity contribution in [3.05, 3.63) is 102 Å². The van der Waals surface area contributed by atoms with E-state index in [9.17, 15) is 9.59 Å². The second kappa shape index (κ2) is 10.6. The predicted molar refractivity (Wildman–Crippen MR) is 165 cm³/mol. The molecule has 10 nitrogen and oxygen atoms in total. The first-order valence-electron chi connectivity index (χ1n) is 13.8. The molecule has 4 heterocycles. The van der Waals surface area contributed by atoms with Gasteiger partial charge in [0.05, 0.1) is 29.8 Å². The molecule has 2 aromatic carbocycles. The highest BCUT2D eigenvalue weighted by Gasteiger charge is 2.32. The van der Waals surface area contributed by atoms with Crippen molar-refractivity contribution in [3.63, 3.8) is 0 Å². The summed E-state index contributed by atoms with van der Waals surface area (Å²) in [5.74, 6) is 0.684. The number of rotatable bonds is 6. The van der Waals surface area contributed by atoms with E-state index in [-0.39, 0.29) is 23.9 Å². The zero-order chi connectivity index (χ0) is 29.4. The van der Waals surface area contributed by atoms with Crippen LogP contribution in [0.15, 0.2) is 79.1 Å². The van der Waals surface area contributed by atoms with Crippen LogP contribution in [0.1, 0.15) is 41.0 Å². The van der Waals surface area contributed by atoms with Crippen molar-refractivity contribution in [1.29, 1.82) is 0 Å². The molecule has 3 N–H and O–H groups in total. The number of aromatic nitrogens is 3. The number of aryl methyl sites for hydroxylation is 1. The molecule has 3 amide bonds. The monoisotopic (exact) mass is 560 g/mol. The standard InChI is InChI=1S/C32H32N8O2/c1-20-27(40-18-23-16-34-30(37-24-11-6-5-7-12-24)38-28(23)39(4)31(40)42)14-25(17-33-20)36-29(41)22-10-8-9-21(13-22)26-15-32(2,3)19-35-26/h5-17,35H,18-19H2,1-4H3,(H,36,41)(H,34,37,38). The molecule has 0 unspecified atom stereocenters. The molecule has 0 atom stereocenters. The Kier molecular flexibility index (Phi) is 6.82. The topological polar surface area (TPSA) is 115 Å². The van der Waals surface area contributed by atoms with Crippen LogP contribution >= 0.6 is 0 Å². The maximum Gasteiger partial charge on any atom is 0.330 e. The van der Waals surface area contributed by atoms with Gasteiger partial charge in [-0.25, -0.2) is 9.78 Å². The van der Waals surface area contributed by atoms with Gasteiger partial charge in [0, 0.05) is 47.7 Å². The summed E-state index contributed by atoms with van der Waals surface area (Å²) >= 11 is 0.